The Morgan fingerprint density at radius 1 is 1.07 bits per heavy atom. The highest BCUT2D eigenvalue weighted by Crippen LogP contribution is 2.28. The Hall–Kier alpha value is -3.08. The lowest BCUT2D eigenvalue weighted by Crippen LogP contribution is -2.24. The average Bonchev–Trinajstić information content (AvgIpc) is 2.65. The van der Waals surface area contributed by atoms with Gasteiger partial charge >= 0.3 is 11.9 Å². The quantitative estimate of drug-likeness (QED) is 0.511. The number of ether oxygens (including phenoxy) is 3. The van der Waals surface area contributed by atoms with Crippen LogP contribution in [0.1, 0.15) is 52.6 Å². The molecule has 0 spiro atoms. The molecule has 0 atom stereocenters. The molecule has 0 heterocycles. The minimum absolute atomic E-state index is 0.131. The van der Waals surface area contributed by atoms with Crippen LogP contribution in [0.2, 0.25) is 0 Å². The average molecular weight is 382 g/mol. The van der Waals surface area contributed by atoms with Gasteiger partial charge in [-0.25, -0.2) is 9.59 Å². The Balaban J connectivity index is 2.37. The van der Waals surface area contributed by atoms with Crippen LogP contribution in [0.15, 0.2) is 55.1 Å². The van der Waals surface area contributed by atoms with E-state index in [1.807, 2.05) is 30.3 Å². The summed E-state index contributed by atoms with van der Waals surface area (Å²) < 4.78 is 16.3. The van der Waals surface area contributed by atoms with Gasteiger partial charge in [-0.3, -0.25) is 0 Å². The molecule has 0 saturated carbocycles. The molecular formula is C23H26O5. The summed E-state index contributed by atoms with van der Waals surface area (Å²) in [6, 6.07) is 12.4. The van der Waals surface area contributed by atoms with E-state index in [-0.39, 0.29) is 17.7 Å². The van der Waals surface area contributed by atoms with Crippen molar-refractivity contribution in [3.05, 3.63) is 77.4 Å². The van der Waals surface area contributed by atoms with Crippen LogP contribution >= 0.6 is 0 Å². The second-order valence-electron chi connectivity index (χ2n) is 7.26. The fourth-order valence-electron chi connectivity index (χ4n) is 2.62. The fraction of sp³-hybridized carbons (Fsp3) is 0.304. The molecule has 0 amide bonds. The second-order valence-corrected chi connectivity index (χ2v) is 7.26. The van der Waals surface area contributed by atoms with E-state index in [9.17, 15) is 9.59 Å². The maximum Gasteiger partial charge on any atom is 0.338 e. The zero-order valence-electron chi connectivity index (χ0n) is 16.8. The summed E-state index contributed by atoms with van der Waals surface area (Å²) >= 11 is 0. The van der Waals surface area contributed by atoms with Gasteiger partial charge in [0.25, 0.3) is 0 Å². The van der Waals surface area contributed by atoms with Crippen molar-refractivity contribution in [1.29, 1.82) is 0 Å². The summed E-state index contributed by atoms with van der Waals surface area (Å²) in [6.07, 6.45) is 2.06. The number of hydrogen-bond acceptors (Lipinski definition) is 5. The maximum absolute atomic E-state index is 12.8. The summed E-state index contributed by atoms with van der Waals surface area (Å²) in [6.45, 7) is 9.21. The van der Waals surface area contributed by atoms with Crippen LogP contribution in [-0.4, -0.2) is 24.6 Å². The predicted octanol–water partition coefficient (Wildman–Crippen LogP) is 4.74. The largest absolute Gasteiger partial charge is 0.496 e. The number of esters is 2. The Morgan fingerprint density at radius 3 is 2.32 bits per heavy atom. The van der Waals surface area contributed by atoms with Gasteiger partial charge in [0.2, 0.25) is 0 Å². The molecule has 0 saturated heterocycles. The van der Waals surface area contributed by atoms with Crippen LogP contribution in [0.3, 0.4) is 0 Å². The first-order chi connectivity index (χ1) is 13.2. The van der Waals surface area contributed by atoms with Crippen molar-refractivity contribution in [2.45, 2.75) is 39.4 Å². The van der Waals surface area contributed by atoms with Crippen LogP contribution in [0.25, 0.3) is 0 Å². The molecule has 2 rings (SSSR count). The number of carbonyl (C=O) groups excluding carboxylic acids is 2. The molecule has 0 unspecified atom stereocenters. The lowest BCUT2D eigenvalue weighted by molar-refractivity contribution is 0.00691. The second kappa shape index (κ2) is 9.22. The van der Waals surface area contributed by atoms with Gasteiger partial charge in [0.05, 0.1) is 18.2 Å². The summed E-state index contributed by atoms with van der Waals surface area (Å²) in [5.41, 5.74) is 1.32. The molecule has 0 aromatic heterocycles. The molecule has 5 nitrogen and oxygen atoms in total. The number of methoxy groups -OCH3 is 1. The third-order valence-electron chi connectivity index (χ3n) is 3.84. The SMILES string of the molecule is C=CCc1c(OC)cc(C(=O)OC(C)(C)C)cc1C(=O)OCc1ccccc1. The fourth-order valence-corrected chi connectivity index (χ4v) is 2.62. The van der Waals surface area contributed by atoms with Gasteiger partial charge in [0, 0.05) is 5.56 Å². The Labute approximate surface area is 165 Å². The molecule has 0 aliphatic heterocycles. The van der Waals surface area contributed by atoms with Crippen LogP contribution in [-0.2, 0) is 22.5 Å². The van der Waals surface area contributed by atoms with Crippen LogP contribution in [0.5, 0.6) is 5.75 Å². The van der Waals surface area contributed by atoms with E-state index in [1.54, 1.807) is 32.9 Å². The number of rotatable bonds is 7. The van der Waals surface area contributed by atoms with Crippen molar-refractivity contribution < 1.29 is 23.8 Å². The first kappa shape index (κ1) is 21.2. The standard InChI is InChI=1S/C23H26O5/c1-6-10-18-19(22(25)27-15-16-11-8-7-9-12-16)13-17(14-20(18)26-5)21(24)28-23(2,3)4/h6-9,11-14H,1,10,15H2,2-5H3. The third kappa shape index (κ3) is 5.71. The highest BCUT2D eigenvalue weighted by atomic mass is 16.6. The molecule has 0 radical (unpaired) electrons. The van der Waals surface area contributed by atoms with Gasteiger partial charge in [-0.15, -0.1) is 6.58 Å². The third-order valence-corrected chi connectivity index (χ3v) is 3.84. The summed E-state index contributed by atoms with van der Waals surface area (Å²) in [5, 5.41) is 0. The summed E-state index contributed by atoms with van der Waals surface area (Å²) in [7, 11) is 1.49. The molecule has 2 aromatic carbocycles. The summed E-state index contributed by atoms with van der Waals surface area (Å²) in [5.74, 6) is -0.660. The maximum atomic E-state index is 12.8. The number of benzene rings is 2. The molecule has 5 heteroatoms. The van der Waals surface area contributed by atoms with E-state index in [4.69, 9.17) is 14.2 Å². The van der Waals surface area contributed by atoms with Gasteiger partial charge < -0.3 is 14.2 Å². The van der Waals surface area contributed by atoms with Gasteiger partial charge in [-0.1, -0.05) is 36.4 Å². The van der Waals surface area contributed by atoms with Crippen molar-refractivity contribution in [2.24, 2.45) is 0 Å². The van der Waals surface area contributed by atoms with E-state index in [1.165, 1.54) is 13.2 Å². The molecule has 148 valence electrons. The molecular weight excluding hydrogens is 356 g/mol. The molecule has 0 bridgehead atoms. The van der Waals surface area contributed by atoms with Gasteiger partial charge in [-0.2, -0.15) is 0 Å². The first-order valence-corrected chi connectivity index (χ1v) is 9.01. The van der Waals surface area contributed by atoms with Crippen LogP contribution in [0.4, 0.5) is 0 Å². The Bertz CT molecular complexity index is 847. The zero-order chi connectivity index (χ0) is 20.7. The van der Waals surface area contributed by atoms with Crippen LogP contribution in [0, 0.1) is 0 Å². The van der Waals surface area contributed by atoms with Crippen LogP contribution < -0.4 is 4.74 Å². The highest BCUT2D eigenvalue weighted by molar-refractivity contribution is 5.97. The topological polar surface area (TPSA) is 61.8 Å². The number of carbonyl (C=O) groups is 2. The van der Waals surface area contributed by atoms with Crippen molar-refractivity contribution in [1.82, 2.24) is 0 Å². The normalized spacial score (nSPS) is 10.9. The molecule has 28 heavy (non-hydrogen) atoms. The lowest BCUT2D eigenvalue weighted by atomic mass is 9.99. The van der Waals surface area contributed by atoms with Crippen molar-refractivity contribution in [2.75, 3.05) is 7.11 Å². The van der Waals surface area contributed by atoms with Crippen molar-refractivity contribution in [3.63, 3.8) is 0 Å². The van der Waals surface area contributed by atoms with Gasteiger partial charge in [0.15, 0.2) is 0 Å². The van der Waals surface area contributed by atoms with E-state index in [0.717, 1.165) is 5.56 Å². The highest BCUT2D eigenvalue weighted by Gasteiger charge is 2.24. The van der Waals surface area contributed by atoms with Gasteiger partial charge in [-0.05, 0) is 44.9 Å². The summed E-state index contributed by atoms with van der Waals surface area (Å²) in [4.78, 5) is 25.3. The zero-order valence-corrected chi connectivity index (χ0v) is 16.8. The molecule has 0 aliphatic carbocycles. The molecule has 0 aliphatic rings. The van der Waals surface area contributed by atoms with Gasteiger partial charge in [0.1, 0.15) is 18.0 Å². The Morgan fingerprint density at radius 2 is 1.75 bits per heavy atom. The van der Waals surface area contributed by atoms with E-state index in [2.05, 4.69) is 6.58 Å². The number of hydrogen-bond donors (Lipinski definition) is 0. The monoisotopic (exact) mass is 382 g/mol. The molecule has 2 aromatic rings. The smallest absolute Gasteiger partial charge is 0.338 e. The van der Waals surface area contributed by atoms with E-state index < -0.39 is 17.5 Å². The molecule has 0 N–H and O–H groups in total. The minimum Gasteiger partial charge on any atom is -0.496 e. The minimum atomic E-state index is -0.655. The Kier molecular flexibility index (Phi) is 6.99. The van der Waals surface area contributed by atoms with Crippen molar-refractivity contribution >= 4 is 11.9 Å². The predicted molar refractivity (Wildman–Crippen MR) is 108 cm³/mol. The van der Waals surface area contributed by atoms with E-state index >= 15 is 0 Å². The first-order valence-electron chi connectivity index (χ1n) is 9.01. The number of allylic oxidation sites excluding steroid dienone is 1. The lowest BCUT2D eigenvalue weighted by Gasteiger charge is -2.20. The molecule has 0 fully saturated rings. The van der Waals surface area contributed by atoms with E-state index in [0.29, 0.717) is 17.7 Å². The van der Waals surface area contributed by atoms with Crippen molar-refractivity contribution in [3.8, 4) is 5.75 Å².